The lowest BCUT2D eigenvalue weighted by Gasteiger charge is -2.10. The molecule has 0 aliphatic heterocycles. The smallest absolute Gasteiger partial charge is 0.274 e. The maximum atomic E-state index is 11.9. The number of aromatic nitrogens is 4. The van der Waals surface area contributed by atoms with Gasteiger partial charge in [-0.05, 0) is 6.92 Å². The number of aromatic amines is 1. The highest BCUT2D eigenvalue weighted by Crippen LogP contribution is 2.11. The second-order valence-electron chi connectivity index (χ2n) is 3.78. The molecule has 7 nitrogen and oxygen atoms in total. The molecular formula is C10H14N6O. The highest BCUT2D eigenvalue weighted by molar-refractivity contribution is 5.97. The number of hydrogen-bond acceptors (Lipinski definition) is 4. The van der Waals surface area contributed by atoms with Gasteiger partial charge in [-0.15, -0.1) is 0 Å². The van der Waals surface area contributed by atoms with Crippen LogP contribution in [0.2, 0.25) is 0 Å². The number of imidazole rings is 1. The Hall–Kier alpha value is -2.31. The Kier molecular flexibility index (Phi) is 2.82. The number of nitrogens with zero attached hydrogens (tertiary/aromatic N) is 3. The molecule has 0 radical (unpaired) electrons. The van der Waals surface area contributed by atoms with Crippen molar-refractivity contribution in [2.75, 3.05) is 5.73 Å². The summed E-state index contributed by atoms with van der Waals surface area (Å²) in [7, 11) is 1.71. The van der Waals surface area contributed by atoms with E-state index in [1.54, 1.807) is 25.6 Å². The number of nitrogens with two attached hydrogens (primary N) is 1. The minimum atomic E-state index is -0.313. The molecule has 4 N–H and O–H groups in total. The maximum absolute atomic E-state index is 11.9. The zero-order chi connectivity index (χ0) is 12.4. The van der Waals surface area contributed by atoms with Crippen molar-refractivity contribution in [3.8, 4) is 0 Å². The zero-order valence-corrected chi connectivity index (χ0v) is 9.64. The summed E-state index contributed by atoms with van der Waals surface area (Å²) in [6, 6.07) is -0.223. The Balaban J connectivity index is 2.09. The second kappa shape index (κ2) is 4.28. The van der Waals surface area contributed by atoms with Crippen molar-refractivity contribution in [1.82, 2.24) is 25.1 Å². The summed E-state index contributed by atoms with van der Waals surface area (Å²) in [6.45, 7) is 1.83. The van der Waals surface area contributed by atoms with Crippen LogP contribution in [0.1, 0.15) is 29.3 Å². The normalized spacial score (nSPS) is 12.4. The number of nitrogen functional groups attached to an aromatic ring is 1. The van der Waals surface area contributed by atoms with Crippen LogP contribution >= 0.6 is 0 Å². The van der Waals surface area contributed by atoms with Crippen molar-refractivity contribution < 1.29 is 4.79 Å². The molecule has 0 fully saturated rings. The monoisotopic (exact) mass is 234 g/mol. The van der Waals surface area contributed by atoms with Crippen LogP contribution in [0.3, 0.4) is 0 Å². The lowest BCUT2D eigenvalue weighted by molar-refractivity contribution is 0.0933. The lowest BCUT2D eigenvalue weighted by Crippen LogP contribution is -2.28. The van der Waals surface area contributed by atoms with E-state index < -0.39 is 0 Å². The number of hydrogen-bond donors (Lipinski definition) is 3. The molecule has 2 heterocycles. The van der Waals surface area contributed by atoms with Crippen molar-refractivity contribution in [3.63, 3.8) is 0 Å². The molecule has 90 valence electrons. The highest BCUT2D eigenvalue weighted by atomic mass is 16.2. The number of anilines is 1. The second-order valence-corrected chi connectivity index (χ2v) is 3.78. The van der Waals surface area contributed by atoms with E-state index in [0.29, 0.717) is 11.5 Å². The molecule has 17 heavy (non-hydrogen) atoms. The fourth-order valence-electron chi connectivity index (χ4n) is 1.53. The molecule has 2 aromatic heterocycles. The van der Waals surface area contributed by atoms with Crippen molar-refractivity contribution in [3.05, 3.63) is 30.1 Å². The molecule has 0 aromatic carbocycles. The van der Waals surface area contributed by atoms with Crippen LogP contribution in [0.4, 0.5) is 5.69 Å². The molecule has 2 aromatic rings. The van der Waals surface area contributed by atoms with Gasteiger partial charge in [0, 0.05) is 25.6 Å². The molecule has 0 spiro atoms. The third-order valence-corrected chi connectivity index (χ3v) is 2.35. The Morgan fingerprint density at radius 1 is 1.65 bits per heavy atom. The van der Waals surface area contributed by atoms with E-state index in [1.807, 2.05) is 6.92 Å². The topological polar surface area (TPSA) is 102 Å². The molecule has 0 bridgehead atoms. The highest BCUT2D eigenvalue weighted by Gasteiger charge is 2.17. The van der Waals surface area contributed by atoms with Crippen LogP contribution in [0, 0.1) is 0 Å². The van der Waals surface area contributed by atoms with Crippen molar-refractivity contribution >= 4 is 11.6 Å². The quantitative estimate of drug-likeness (QED) is 0.706. The molecular weight excluding hydrogens is 220 g/mol. The fraction of sp³-hybridized carbons (Fsp3) is 0.300. The Labute approximate surface area is 98.0 Å². The summed E-state index contributed by atoms with van der Waals surface area (Å²) in [5.41, 5.74) is 6.25. The summed E-state index contributed by atoms with van der Waals surface area (Å²) in [6.07, 6.45) is 4.92. The number of amides is 1. The van der Waals surface area contributed by atoms with Gasteiger partial charge in [0.05, 0.1) is 11.7 Å². The van der Waals surface area contributed by atoms with Crippen molar-refractivity contribution in [2.24, 2.45) is 7.05 Å². The summed E-state index contributed by atoms with van der Waals surface area (Å²) >= 11 is 0. The molecule has 0 saturated heterocycles. The third-order valence-electron chi connectivity index (χ3n) is 2.35. The maximum Gasteiger partial charge on any atom is 0.274 e. The van der Waals surface area contributed by atoms with Gasteiger partial charge in [0.25, 0.3) is 5.91 Å². The Morgan fingerprint density at radius 2 is 2.41 bits per heavy atom. The first-order chi connectivity index (χ1) is 8.08. The van der Waals surface area contributed by atoms with Gasteiger partial charge in [-0.25, -0.2) is 4.98 Å². The molecule has 1 unspecified atom stereocenters. The van der Waals surface area contributed by atoms with E-state index in [-0.39, 0.29) is 17.6 Å². The van der Waals surface area contributed by atoms with Gasteiger partial charge in [-0.1, -0.05) is 0 Å². The van der Waals surface area contributed by atoms with Gasteiger partial charge in [0.2, 0.25) is 0 Å². The van der Waals surface area contributed by atoms with Crippen LogP contribution in [-0.4, -0.2) is 25.7 Å². The van der Waals surface area contributed by atoms with Crippen LogP contribution in [0.5, 0.6) is 0 Å². The molecule has 1 amide bonds. The standard InChI is InChI=1S/C10H14N6O/c1-6(9-12-3-4-13-9)14-10(17)8-7(11)5-16(2)15-8/h3-6H,11H2,1-2H3,(H,12,13)(H,14,17). The number of aryl methyl sites for hydroxylation is 1. The summed E-state index contributed by atoms with van der Waals surface area (Å²) < 4.78 is 1.50. The van der Waals surface area contributed by atoms with E-state index in [0.717, 1.165) is 0 Å². The molecule has 0 aliphatic carbocycles. The number of H-pyrrole nitrogens is 1. The Bertz CT molecular complexity index is 515. The van der Waals surface area contributed by atoms with Gasteiger partial charge in [-0.2, -0.15) is 5.10 Å². The van der Waals surface area contributed by atoms with Crippen LogP contribution in [-0.2, 0) is 7.05 Å². The van der Waals surface area contributed by atoms with Gasteiger partial charge in [0.1, 0.15) is 5.82 Å². The van der Waals surface area contributed by atoms with Crippen LogP contribution in [0.25, 0.3) is 0 Å². The third kappa shape index (κ3) is 2.27. The first kappa shape index (κ1) is 11.2. The van der Waals surface area contributed by atoms with Crippen molar-refractivity contribution in [1.29, 1.82) is 0 Å². The summed E-state index contributed by atoms with van der Waals surface area (Å²) in [5, 5.41) is 6.76. The molecule has 7 heteroatoms. The van der Waals surface area contributed by atoms with Crippen LogP contribution < -0.4 is 11.1 Å². The Morgan fingerprint density at radius 3 is 2.94 bits per heavy atom. The number of carbonyl (C=O) groups is 1. The first-order valence-corrected chi connectivity index (χ1v) is 5.17. The van der Waals surface area contributed by atoms with Crippen molar-refractivity contribution in [2.45, 2.75) is 13.0 Å². The number of rotatable bonds is 3. The number of nitrogens with one attached hydrogen (secondary N) is 2. The molecule has 2 rings (SSSR count). The number of carbonyl (C=O) groups excluding carboxylic acids is 1. The zero-order valence-electron chi connectivity index (χ0n) is 9.64. The van der Waals surface area contributed by atoms with Gasteiger partial charge in [0.15, 0.2) is 5.69 Å². The minimum Gasteiger partial charge on any atom is -0.396 e. The fourth-order valence-corrected chi connectivity index (χ4v) is 1.53. The van der Waals surface area contributed by atoms with E-state index in [9.17, 15) is 4.79 Å². The average molecular weight is 234 g/mol. The largest absolute Gasteiger partial charge is 0.396 e. The predicted octanol–water partition coefficient (Wildman–Crippen LogP) is 0.216. The molecule has 0 aliphatic rings. The SMILES string of the molecule is CC(NC(=O)c1nn(C)cc1N)c1ncc[nH]1. The van der Waals surface area contributed by atoms with Crippen LogP contribution in [0.15, 0.2) is 18.6 Å². The van der Waals surface area contributed by atoms with E-state index in [2.05, 4.69) is 20.4 Å². The summed E-state index contributed by atoms with van der Waals surface area (Å²) in [4.78, 5) is 18.9. The first-order valence-electron chi connectivity index (χ1n) is 5.17. The van der Waals surface area contributed by atoms with Gasteiger partial charge < -0.3 is 16.0 Å². The van der Waals surface area contributed by atoms with E-state index in [4.69, 9.17) is 5.73 Å². The van der Waals surface area contributed by atoms with Gasteiger partial charge in [-0.3, -0.25) is 9.48 Å². The average Bonchev–Trinajstić information content (AvgIpc) is 2.87. The predicted molar refractivity (Wildman–Crippen MR) is 62.1 cm³/mol. The summed E-state index contributed by atoms with van der Waals surface area (Å²) in [5.74, 6) is 0.375. The molecule has 0 saturated carbocycles. The van der Waals surface area contributed by atoms with E-state index >= 15 is 0 Å². The molecule has 1 atom stereocenters. The van der Waals surface area contributed by atoms with E-state index in [1.165, 1.54) is 4.68 Å². The van der Waals surface area contributed by atoms with Gasteiger partial charge >= 0.3 is 0 Å². The lowest BCUT2D eigenvalue weighted by atomic mass is 10.3. The minimum absolute atomic E-state index is 0.223.